The summed E-state index contributed by atoms with van der Waals surface area (Å²) in [4.78, 5) is 4.66. The van der Waals surface area contributed by atoms with Crippen LogP contribution in [0.15, 0.2) is 48.5 Å². The first-order valence-electron chi connectivity index (χ1n) is 5.70. The topological polar surface area (TPSA) is 35.2 Å². The summed E-state index contributed by atoms with van der Waals surface area (Å²) in [6.45, 7) is 0. The number of hydrogen-bond donors (Lipinski definition) is 1. The number of nitrogens with two attached hydrogens (primary N) is 1. The molecule has 0 aromatic heterocycles. The predicted octanol–water partition coefficient (Wildman–Crippen LogP) is 4.25. The Morgan fingerprint density at radius 1 is 1.00 bits per heavy atom. The second-order valence-electron chi connectivity index (χ2n) is 4.16. The Morgan fingerprint density at radius 2 is 1.62 bits per heavy atom. The van der Waals surface area contributed by atoms with Gasteiger partial charge in [0.25, 0.3) is 0 Å². The Hall–Kier alpha value is -1.63. The van der Waals surface area contributed by atoms with Crippen LogP contribution in [0.1, 0.15) is 22.8 Å². The third-order valence-electron chi connectivity index (χ3n) is 2.84. The summed E-state index contributed by atoms with van der Waals surface area (Å²) < 4.78 is 51.8. The molecule has 2 aromatic rings. The van der Waals surface area contributed by atoms with Crippen LogP contribution in [0.2, 0.25) is 0 Å². The van der Waals surface area contributed by atoms with Crippen molar-refractivity contribution in [3.8, 4) is 0 Å². The molecule has 0 bridgehead atoms. The lowest BCUT2D eigenvalue weighted by Gasteiger charge is -2.17. The van der Waals surface area contributed by atoms with Crippen LogP contribution in [0.3, 0.4) is 0 Å². The van der Waals surface area contributed by atoms with E-state index in [1.165, 1.54) is 0 Å². The molecule has 0 amide bonds. The molecule has 0 saturated carbocycles. The minimum absolute atomic E-state index is 0. The maximum atomic E-state index is 13.8. The lowest BCUT2D eigenvalue weighted by molar-refractivity contribution is -0.137. The highest BCUT2D eigenvalue weighted by atomic mass is 35.5. The molecule has 2 aromatic carbocycles. The molecule has 0 fully saturated rings. The number of hydrogen-bond acceptors (Lipinski definition) is 2. The minimum Gasteiger partial charge on any atom is -0.292 e. The van der Waals surface area contributed by atoms with Gasteiger partial charge in [-0.15, -0.1) is 12.4 Å². The average Bonchev–Trinajstić information content (AvgIpc) is 2.41. The standard InChI is InChI=1S/C14H11F4NO.ClH/c15-12-7-6-10(14(16,17)18)8-11(12)13(20-19)9-4-2-1-3-5-9;/h1-8,13H,19H2;1H. The lowest BCUT2D eigenvalue weighted by atomic mass is 9.99. The molecule has 21 heavy (non-hydrogen) atoms. The van der Waals surface area contributed by atoms with E-state index >= 15 is 0 Å². The van der Waals surface area contributed by atoms with E-state index in [-0.39, 0.29) is 18.0 Å². The van der Waals surface area contributed by atoms with Crippen LogP contribution in [-0.4, -0.2) is 0 Å². The molecule has 0 aliphatic rings. The van der Waals surface area contributed by atoms with Crippen LogP contribution in [0.5, 0.6) is 0 Å². The van der Waals surface area contributed by atoms with Gasteiger partial charge in [-0.25, -0.2) is 10.3 Å². The van der Waals surface area contributed by atoms with Crippen molar-refractivity contribution >= 4 is 12.4 Å². The molecule has 0 spiro atoms. The number of halogens is 5. The summed E-state index contributed by atoms with van der Waals surface area (Å²) >= 11 is 0. The van der Waals surface area contributed by atoms with Gasteiger partial charge in [-0.1, -0.05) is 30.3 Å². The smallest absolute Gasteiger partial charge is 0.292 e. The Morgan fingerprint density at radius 3 is 2.14 bits per heavy atom. The van der Waals surface area contributed by atoms with Gasteiger partial charge >= 0.3 is 6.18 Å². The van der Waals surface area contributed by atoms with E-state index < -0.39 is 23.7 Å². The van der Waals surface area contributed by atoms with E-state index in [4.69, 9.17) is 5.90 Å². The van der Waals surface area contributed by atoms with E-state index in [1.807, 2.05) is 0 Å². The van der Waals surface area contributed by atoms with Crippen molar-refractivity contribution in [1.29, 1.82) is 0 Å². The zero-order chi connectivity index (χ0) is 14.8. The number of benzene rings is 2. The van der Waals surface area contributed by atoms with Gasteiger partial charge in [0, 0.05) is 5.56 Å². The van der Waals surface area contributed by atoms with Gasteiger partial charge < -0.3 is 0 Å². The SMILES string of the molecule is Cl.NOC(c1ccccc1)c1cc(C(F)(F)F)ccc1F. The molecule has 0 aliphatic heterocycles. The fourth-order valence-electron chi connectivity index (χ4n) is 1.88. The molecule has 0 saturated heterocycles. The van der Waals surface area contributed by atoms with Gasteiger partial charge in [-0.05, 0) is 23.8 Å². The van der Waals surface area contributed by atoms with Crippen LogP contribution in [0.4, 0.5) is 17.6 Å². The molecular weight excluding hydrogens is 310 g/mol. The average molecular weight is 322 g/mol. The zero-order valence-corrected chi connectivity index (χ0v) is 11.4. The fraction of sp³-hybridized carbons (Fsp3) is 0.143. The molecule has 1 atom stereocenters. The first-order valence-corrected chi connectivity index (χ1v) is 5.70. The molecule has 2 rings (SSSR count). The van der Waals surface area contributed by atoms with Gasteiger partial charge in [0.2, 0.25) is 0 Å². The van der Waals surface area contributed by atoms with Crippen molar-refractivity contribution in [1.82, 2.24) is 0 Å². The highest BCUT2D eigenvalue weighted by molar-refractivity contribution is 5.85. The van der Waals surface area contributed by atoms with E-state index in [2.05, 4.69) is 4.84 Å². The van der Waals surface area contributed by atoms with Crippen molar-refractivity contribution in [2.24, 2.45) is 5.90 Å². The summed E-state index contributed by atoms with van der Waals surface area (Å²) in [7, 11) is 0. The molecule has 2 N–H and O–H groups in total. The van der Waals surface area contributed by atoms with Crippen LogP contribution < -0.4 is 5.90 Å². The third-order valence-corrected chi connectivity index (χ3v) is 2.84. The maximum absolute atomic E-state index is 13.8. The normalized spacial score (nSPS) is 12.6. The molecule has 2 nitrogen and oxygen atoms in total. The zero-order valence-electron chi connectivity index (χ0n) is 10.6. The predicted molar refractivity (Wildman–Crippen MR) is 72.2 cm³/mol. The Balaban J connectivity index is 0.00000220. The molecule has 0 radical (unpaired) electrons. The van der Waals surface area contributed by atoms with Crippen LogP contribution in [0, 0.1) is 5.82 Å². The van der Waals surface area contributed by atoms with Crippen LogP contribution in [-0.2, 0) is 11.0 Å². The van der Waals surface area contributed by atoms with E-state index in [0.717, 1.165) is 6.07 Å². The minimum atomic E-state index is -4.56. The molecule has 1 unspecified atom stereocenters. The van der Waals surface area contributed by atoms with Crippen LogP contribution >= 0.6 is 12.4 Å². The highest BCUT2D eigenvalue weighted by Crippen LogP contribution is 2.34. The van der Waals surface area contributed by atoms with Gasteiger partial charge in [-0.2, -0.15) is 13.2 Å². The second kappa shape index (κ2) is 6.89. The van der Waals surface area contributed by atoms with Gasteiger partial charge in [0.15, 0.2) is 0 Å². The van der Waals surface area contributed by atoms with Gasteiger partial charge in [0.1, 0.15) is 11.9 Å². The second-order valence-corrected chi connectivity index (χ2v) is 4.16. The number of rotatable bonds is 3. The molecule has 0 heterocycles. The molecule has 0 aliphatic carbocycles. The molecule has 114 valence electrons. The van der Waals surface area contributed by atoms with Crippen molar-refractivity contribution in [3.05, 3.63) is 71.0 Å². The van der Waals surface area contributed by atoms with Crippen molar-refractivity contribution in [3.63, 3.8) is 0 Å². The summed E-state index contributed by atoms with van der Waals surface area (Å²) in [6, 6.07) is 10.4. The Kier molecular flexibility index (Phi) is 5.71. The Labute approximate surface area is 124 Å². The maximum Gasteiger partial charge on any atom is 0.416 e. The van der Waals surface area contributed by atoms with Crippen LogP contribution in [0.25, 0.3) is 0 Å². The largest absolute Gasteiger partial charge is 0.416 e. The van der Waals surface area contributed by atoms with Gasteiger partial charge in [0.05, 0.1) is 5.56 Å². The Bertz CT molecular complexity index is 589. The summed E-state index contributed by atoms with van der Waals surface area (Å²) in [5, 5.41) is 0. The quantitative estimate of drug-likeness (QED) is 0.677. The summed E-state index contributed by atoms with van der Waals surface area (Å²) in [5.74, 6) is 4.31. The van der Waals surface area contributed by atoms with E-state index in [9.17, 15) is 17.6 Å². The number of alkyl halides is 3. The van der Waals surface area contributed by atoms with Crippen molar-refractivity contribution in [2.75, 3.05) is 0 Å². The first kappa shape index (κ1) is 17.4. The summed E-state index contributed by atoms with van der Waals surface area (Å²) in [5.41, 5.74) is -0.742. The van der Waals surface area contributed by atoms with E-state index in [1.54, 1.807) is 30.3 Å². The van der Waals surface area contributed by atoms with E-state index in [0.29, 0.717) is 17.7 Å². The highest BCUT2D eigenvalue weighted by Gasteiger charge is 2.32. The third kappa shape index (κ3) is 3.93. The summed E-state index contributed by atoms with van der Waals surface area (Å²) in [6.07, 6.45) is -5.66. The molecule has 7 heteroatoms. The first-order chi connectivity index (χ1) is 9.43. The lowest BCUT2D eigenvalue weighted by Crippen LogP contribution is -2.14. The van der Waals surface area contributed by atoms with Gasteiger partial charge in [-0.3, -0.25) is 4.84 Å². The fourth-order valence-corrected chi connectivity index (χ4v) is 1.88. The van der Waals surface area contributed by atoms with Crippen molar-refractivity contribution < 1.29 is 22.4 Å². The van der Waals surface area contributed by atoms with Crippen molar-refractivity contribution in [2.45, 2.75) is 12.3 Å². The monoisotopic (exact) mass is 321 g/mol. The molecular formula is C14H12ClF4NO.